The summed E-state index contributed by atoms with van der Waals surface area (Å²) in [5, 5.41) is 0. The van der Waals surface area contributed by atoms with Crippen LogP contribution in [0.5, 0.6) is 11.5 Å². The van der Waals surface area contributed by atoms with Gasteiger partial charge in [-0.05, 0) is 65.3 Å². The molecule has 2 aliphatic rings. The minimum absolute atomic E-state index is 0.0519. The van der Waals surface area contributed by atoms with Crippen LogP contribution in [0.2, 0.25) is 0 Å². The highest BCUT2D eigenvalue weighted by atomic mass is 16.7. The number of hydrogen-bond acceptors (Lipinski definition) is 5. The Labute approximate surface area is 211 Å². The molecule has 6 nitrogen and oxygen atoms in total. The first-order chi connectivity index (χ1) is 17.4. The molecule has 5 rings (SSSR count). The molecule has 3 aromatic carbocycles. The van der Waals surface area contributed by atoms with Crippen molar-refractivity contribution in [2.45, 2.75) is 38.1 Å². The van der Waals surface area contributed by atoms with Gasteiger partial charge >= 0.3 is 0 Å². The molecule has 0 unspecified atom stereocenters. The van der Waals surface area contributed by atoms with Crippen molar-refractivity contribution in [2.75, 3.05) is 27.6 Å². The lowest BCUT2D eigenvalue weighted by Crippen LogP contribution is -2.29. The minimum Gasteiger partial charge on any atom is -0.454 e. The number of Topliss-reactive ketones (excluding diaryl/α,β-unsaturated/α-hetero) is 1. The Morgan fingerprint density at radius 1 is 0.944 bits per heavy atom. The number of methoxy groups -OCH3 is 1. The molecule has 0 spiro atoms. The fraction of sp³-hybridized carbons (Fsp3) is 0.333. The molecule has 186 valence electrons. The third-order valence-corrected chi connectivity index (χ3v) is 7.25. The lowest BCUT2D eigenvalue weighted by Gasteiger charge is -2.17. The highest BCUT2D eigenvalue weighted by Gasteiger charge is 2.50. The van der Waals surface area contributed by atoms with Gasteiger partial charge in [0.1, 0.15) is 12.4 Å². The van der Waals surface area contributed by atoms with Gasteiger partial charge in [-0.25, -0.2) is 0 Å². The zero-order chi connectivity index (χ0) is 25.3. The van der Waals surface area contributed by atoms with Crippen LogP contribution < -0.4 is 9.47 Å². The Bertz CT molecular complexity index is 1290. The van der Waals surface area contributed by atoms with Gasteiger partial charge < -0.3 is 19.1 Å². The molecule has 1 fully saturated rings. The number of nitrogens with zero attached hydrogens (tertiary/aromatic N) is 1. The molecule has 1 amide bonds. The van der Waals surface area contributed by atoms with E-state index in [2.05, 4.69) is 37.3 Å². The van der Waals surface area contributed by atoms with Gasteiger partial charge in [0.25, 0.3) is 0 Å². The molecular formula is C30H31NO5. The van der Waals surface area contributed by atoms with Gasteiger partial charge in [-0.15, -0.1) is 0 Å². The summed E-state index contributed by atoms with van der Waals surface area (Å²) in [7, 11) is 3.29. The van der Waals surface area contributed by atoms with E-state index in [0.717, 1.165) is 57.7 Å². The maximum atomic E-state index is 13.5. The van der Waals surface area contributed by atoms with Gasteiger partial charge in [0.2, 0.25) is 12.7 Å². The van der Waals surface area contributed by atoms with E-state index in [1.165, 1.54) is 7.11 Å². The summed E-state index contributed by atoms with van der Waals surface area (Å²) >= 11 is 0. The number of aryl methyl sites for hydroxylation is 1. The average Bonchev–Trinajstić information content (AvgIpc) is 3.56. The standard InChI is InChI=1S/C30H31NO5/c1-20-4-5-22(14-25(20)23-8-6-21(7-9-23)17-31(2)29(33)18-34-3)15-28(32)30(12-13-30)24-10-11-26-27(16-24)36-19-35-26/h4-11,14,16H,12-13,15,17-19H2,1-3H3. The number of carbonyl (C=O) groups excluding carboxylic acids is 2. The quantitative estimate of drug-likeness (QED) is 0.434. The Morgan fingerprint density at radius 2 is 1.67 bits per heavy atom. The largest absolute Gasteiger partial charge is 0.454 e. The zero-order valence-electron chi connectivity index (χ0n) is 21.0. The van der Waals surface area contributed by atoms with Crippen molar-refractivity contribution in [3.63, 3.8) is 0 Å². The molecular weight excluding hydrogens is 454 g/mol. The molecule has 0 N–H and O–H groups in total. The number of likely N-dealkylation sites (N-methyl/N-ethyl adjacent to an activating group) is 1. The third-order valence-electron chi connectivity index (χ3n) is 7.25. The third kappa shape index (κ3) is 4.73. The maximum Gasteiger partial charge on any atom is 0.248 e. The van der Waals surface area contributed by atoms with Crippen LogP contribution in [-0.2, 0) is 32.7 Å². The number of amides is 1. The van der Waals surface area contributed by atoms with E-state index in [-0.39, 0.29) is 25.1 Å². The number of carbonyl (C=O) groups is 2. The predicted octanol–water partition coefficient (Wildman–Crippen LogP) is 4.84. The van der Waals surface area contributed by atoms with Crippen LogP contribution in [0.1, 0.15) is 35.1 Å². The number of ether oxygens (including phenoxy) is 3. The Hall–Kier alpha value is -3.64. The van der Waals surface area contributed by atoms with Gasteiger partial charge in [0, 0.05) is 27.1 Å². The van der Waals surface area contributed by atoms with Crippen molar-refractivity contribution in [3.8, 4) is 22.6 Å². The summed E-state index contributed by atoms with van der Waals surface area (Å²) < 4.78 is 15.9. The lowest BCUT2D eigenvalue weighted by molar-refractivity contribution is -0.134. The number of benzene rings is 3. The van der Waals surface area contributed by atoms with E-state index >= 15 is 0 Å². The zero-order valence-corrected chi connectivity index (χ0v) is 21.0. The monoisotopic (exact) mass is 485 g/mol. The summed E-state index contributed by atoms with van der Waals surface area (Å²) in [6.45, 7) is 2.92. The molecule has 1 aliphatic heterocycles. The molecule has 0 radical (unpaired) electrons. The van der Waals surface area contributed by atoms with Gasteiger partial charge in [-0.1, -0.05) is 48.5 Å². The van der Waals surface area contributed by atoms with Crippen LogP contribution in [0.3, 0.4) is 0 Å². The van der Waals surface area contributed by atoms with Crippen LogP contribution in [-0.4, -0.2) is 44.1 Å². The van der Waals surface area contributed by atoms with Crippen molar-refractivity contribution in [3.05, 3.63) is 82.9 Å². The average molecular weight is 486 g/mol. The van der Waals surface area contributed by atoms with Gasteiger partial charge in [-0.3, -0.25) is 9.59 Å². The summed E-state index contributed by atoms with van der Waals surface area (Å²) in [5.74, 6) is 1.66. The van der Waals surface area contributed by atoms with Crippen molar-refractivity contribution < 1.29 is 23.8 Å². The van der Waals surface area contributed by atoms with Gasteiger partial charge in [0.05, 0.1) is 5.41 Å². The van der Waals surface area contributed by atoms with E-state index in [1.807, 2.05) is 30.3 Å². The summed E-state index contributed by atoms with van der Waals surface area (Å²) in [6, 6.07) is 20.4. The van der Waals surface area contributed by atoms with Crippen molar-refractivity contribution in [1.29, 1.82) is 0 Å². The topological polar surface area (TPSA) is 65.1 Å². The van der Waals surface area contributed by atoms with E-state index in [0.29, 0.717) is 13.0 Å². The Kier molecular flexibility index (Phi) is 6.54. The number of ketones is 1. The Morgan fingerprint density at radius 3 is 2.39 bits per heavy atom. The molecule has 0 bridgehead atoms. The molecule has 0 atom stereocenters. The van der Waals surface area contributed by atoms with Gasteiger partial charge in [-0.2, -0.15) is 0 Å². The molecule has 0 aromatic heterocycles. The number of hydrogen-bond donors (Lipinski definition) is 0. The second-order valence-electron chi connectivity index (χ2n) is 9.78. The summed E-state index contributed by atoms with van der Waals surface area (Å²) in [4.78, 5) is 27.1. The summed E-state index contributed by atoms with van der Waals surface area (Å²) in [6.07, 6.45) is 2.13. The lowest BCUT2D eigenvalue weighted by atomic mass is 9.87. The first-order valence-electron chi connectivity index (χ1n) is 12.2. The highest BCUT2D eigenvalue weighted by molar-refractivity contribution is 5.95. The predicted molar refractivity (Wildman–Crippen MR) is 137 cm³/mol. The van der Waals surface area contributed by atoms with Crippen LogP contribution >= 0.6 is 0 Å². The molecule has 1 saturated carbocycles. The smallest absolute Gasteiger partial charge is 0.248 e. The molecule has 0 saturated heterocycles. The fourth-order valence-corrected chi connectivity index (χ4v) is 4.88. The Balaban J connectivity index is 1.30. The molecule has 6 heteroatoms. The first kappa shape index (κ1) is 24.1. The second-order valence-corrected chi connectivity index (χ2v) is 9.78. The van der Waals surface area contributed by atoms with E-state index < -0.39 is 5.41 Å². The number of fused-ring (bicyclic) bond motifs is 1. The van der Waals surface area contributed by atoms with Crippen LogP contribution in [0.25, 0.3) is 11.1 Å². The molecule has 1 aliphatic carbocycles. The first-order valence-corrected chi connectivity index (χ1v) is 12.2. The highest BCUT2D eigenvalue weighted by Crippen LogP contribution is 2.51. The van der Waals surface area contributed by atoms with Crippen molar-refractivity contribution in [2.24, 2.45) is 0 Å². The van der Waals surface area contributed by atoms with Gasteiger partial charge in [0.15, 0.2) is 11.5 Å². The fourth-order valence-electron chi connectivity index (χ4n) is 4.88. The van der Waals surface area contributed by atoms with E-state index in [9.17, 15) is 9.59 Å². The SMILES string of the molecule is COCC(=O)N(C)Cc1ccc(-c2cc(CC(=O)C3(c4ccc5c(c4)OCO5)CC3)ccc2C)cc1. The molecule has 1 heterocycles. The molecule has 36 heavy (non-hydrogen) atoms. The van der Waals surface area contributed by atoms with Crippen molar-refractivity contribution >= 4 is 11.7 Å². The van der Waals surface area contributed by atoms with Crippen molar-refractivity contribution in [1.82, 2.24) is 4.90 Å². The minimum atomic E-state index is -0.417. The van der Waals surface area contributed by atoms with E-state index in [1.54, 1.807) is 11.9 Å². The van der Waals surface area contributed by atoms with E-state index in [4.69, 9.17) is 14.2 Å². The summed E-state index contributed by atoms with van der Waals surface area (Å²) in [5.41, 5.74) is 6.03. The number of rotatable bonds is 9. The molecule has 3 aromatic rings. The van der Waals surface area contributed by atoms with Crippen LogP contribution in [0, 0.1) is 6.92 Å². The maximum absolute atomic E-state index is 13.5. The van der Waals surface area contributed by atoms with Crippen LogP contribution in [0.15, 0.2) is 60.7 Å². The second kappa shape index (κ2) is 9.78. The van der Waals surface area contributed by atoms with Crippen LogP contribution in [0.4, 0.5) is 0 Å². The normalized spacial score (nSPS) is 15.0.